The molecule has 1 heterocycles. The van der Waals surface area contributed by atoms with Gasteiger partial charge in [-0.05, 0) is 19.1 Å². The Morgan fingerprint density at radius 3 is 2.61 bits per heavy atom. The van der Waals surface area contributed by atoms with Crippen LogP contribution < -0.4 is 0 Å². The van der Waals surface area contributed by atoms with Gasteiger partial charge in [-0.2, -0.15) is 5.26 Å². The number of halogens is 3. The maximum absolute atomic E-state index is 13.6. The van der Waals surface area contributed by atoms with E-state index in [1.165, 1.54) is 18.2 Å². The molecule has 2 aromatic carbocycles. The van der Waals surface area contributed by atoms with E-state index in [0.29, 0.717) is 16.9 Å². The molecule has 3 nitrogen and oxygen atoms in total. The van der Waals surface area contributed by atoms with E-state index in [1.807, 2.05) is 0 Å². The van der Waals surface area contributed by atoms with Gasteiger partial charge in [-0.15, -0.1) is 0 Å². The summed E-state index contributed by atoms with van der Waals surface area (Å²) in [5, 5.41) is 9.03. The van der Waals surface area contributed by atoms with Crippen molar-refractivity contribution in [3.8, 4) is 17.5 Å². The van der Waals surface area contributed by atoms with Crippen molar-refractivity contribution < 1.29 is 13.2 Å². The van der Waals surface area contributed by atoms with Crippen molar-refractivity contribution in [2.75, 3.05) is 0 Å². The fourth-order valence-corrected chi connectivity index (χ4v) is 2.47. The predicted molar refractivity (Wildman–Crippen MR) is 79.8 cm³/mol. The Labute approximate surface area is 130 Å². The second-order valence-electron chi connectivity index (χ2n) is 5.34. The molecule has 0 aliphatic heterocycles. The zero-order valence-corrected chi connectivity index (χ0v) is 12.2. The number of benzene rings is 2. The zero-order valence-electron chi connectivity index (χ0n) is 12.2. The lowest BCUT2D eigenvalue weighted by molar-refractivity contribution is 0.509. The van der Waals surface area contributed by atoms with Crippen LogP contribution in [-0.2, 0) is 6.54 Å². The summed E-state index contributed by atoms with van der Waals surface area (Å²) in [7, 11) is 0. The molecule has 3 aromatic rings. The Bertz CT molecular complexity index is 925. The van der Waals surface area contributed by atoms with E-state index in [9.17, 15) is 13.2 Å². The highest BCUT2D eigenvalue weighted by atomic mass is 19.2. The largest absolute Gasteiger partial charge is 0.323 e. The second-order valence-corrected chi connectivity index (χ2v) is 5.34. The molecule has 0 N–H and O–H groups in total. The van der Waals surface area contributed by atoms with E-state index in [0.717, 1.165) is 12.1 Å². The van der Waals surface area contributed by atoms with Gasteiger partial charge in [0.25, 0.3) is 0 Å². The molecular formula is C17H12F3N3. The number of imidazole rings is 1. The molecule has 0 aliphatic rings. The van der Waals surface area contributed by atoms with Gasteiger partial charge < -0.3 is 4.57 Å². The van der Waals surface area contributed by atoms with Gasteiger partial charge in [0.05, 0.1) is 23.0 Å². The lowest BCUT2D eigenvalue weighted by atomic mass is 10.1. The van der Waals surface area contributed by atoms with Crippen LogP contribution in [0.3, 0.4) is 0 Å². The first kappa shape index (κ1) is 15.1. The van der Waals surface area contributed by atoms with Crippen LogP contribution in [0.5, 0.6) is 0 Å². The summed E-state index contributed by atoms with van der Waals surface area (Å²) in [5.74, 6) is -2.43. The Kier molecular flexibility index (Phi) is 3.78. The van der Waals surface area contributed by atoms with Crippen molar-refractivity contribution >= 4 is 11.0 Å². The van der Waals surface area contributed by atoms with Crippen LogP contribution in [0.15, 0.2) is 36.4 Å². The van der Waals surface area contributed by atoms with Crippen molar-refractivity contribution in [2.24, 2.45) is 5.92 Å². The van der Waals surface area contributed by atoms with E-state index in [-0.39, 0.29) is 18.0 Å². The van der Waals surface area contributed by atoms with Crippen molar-refractivity contribution in [3.05, 3.63) is 53.8 Å². The lowest BCUT2D eigenvalue weighted by Gasteiger charge is -2.10. The first-order chi connectivity index (χ1) is 11.0. The van der Waals surface area contributed by atoms with Gasteiger partial charge in [0.2, 0.25) is 0 Å². The standard InChI is InChI=1S/C17H12F3N3/c1-10(8-21)9-23-16-7-14(20)13(19)6-15(16)22-17(23)11-3-2-4-12(18)5-11/h2-7,10H,9H2,1H3. The molecule has 1 aromatic heterocycles. The van der Waals surface area contributed by atoms with Crippen LogP contribution in [0.25, 0.3) is 22.4 Å². The summed E-state index contributed by atoms with van der Waals surface area (Å²) < 4.78 is 42.1. The minimum Gasteiger partial charge on any atom is -0.323 e. The number of hydrogen-bond acceptors (Lipinski definition) is 2. The van der Waals surface area contributed by atoms with Crippen molar-refractivity contribution in [2.45, 2.75) is 13.5 Å². The van der Waals surface area contributed by atoms with E-state index >= 15 is 0 Å². The predicted octanol–water partition coefficient (Wildman–Crippen LogP) is 4.28. The lowest BCUT2D eigenvalue weighted by Crippen LogP contribution is -2.07. The smallest absolute Gasteiger partial charge is 0.161 e. The minimum atomic E-state index is -0.999. The summed E-state index contributed by atoms with van der Waals surface area (Å²) in [6.07, 6.45) is 0. The Hall–Kier alpha value is -2.81. The summed E-state index contributed by atoms with van der Waals surface area (Å²) in [6, 6.07) is 9.92. The van der Waals surface area contributed by atoms with Crippen molar-refractivity contribution in [1.29, 1.82) is 5.26 Å². The van der Waals surface area contributed by atoms with Crippen molar-refractivity contribution in [3.63, 3.8) is 0 Å². The molecule has 0 amide bonds. The maximum atomic E-state index is 13.6. The molecule has 1 atom stereocenters. The SMILES string of the molecule is CC(C#N)Cn1c(-c2cccc(F)c2)nc2cc(F)c(F)cc21. The van der Waals surface area contributed by atoms with Crippen LogP contribution in [0.4, 0.5) is 13.2 Å². The van der Waals surface area contributed by atoms with E-state index in [2.05, 4.69) is 11.1 Å². The minimum absolute atomic E-state index is 0.240. The van der Waals surface area contributed by atoms with Crippen LogP contribution >= 0.6 is 0 Å². The first-order valence-electron chi connectivity index (χ1n) is 7.00. The number of fused-ring (bicyclic) bond motifs is 1. The summed E-state index contributed by atoms with van der Waals surface area (Å²) in [5.41, 5.74) is 1.10. The zero-order chi connectivity index (χ0) is 16.6. The number of nitriles is 1. The highest BCUT2D eigenvalue weighted by Gasteiger charge is 2.17. The normalized spacial score (nSPS) is 12.3. The van der Waals surface area contributed by atoms with Gasteiger partial charge in [-0.3, -0.25) is 0 Å². The number of hydrogen-bond donors (Lipinski definition) is 0. The first-order valence-corrected chi connectivity index (χ1v) is 7.00. The third-order valence-electron chi connectivity index (χ3n) is 3.55. The molecule has 0 aliphatic carbocycles. The molecule has 0 saturated carbocycles. The highest BCUT2D eigenvalue weighted by Crippen LogP contribution is 2.27. The molecule has 0 saturated heterocycles. The Morgan fingerprint density at radius 1 is 1.17 bits per heavy atom. The molecule has 0 spiro atoms. The van der Waals surface area contributed by atoms with Gasteiger partial charge in [-0.25, -0.2) is 18.2 Å². The number of aromatic nitrogens is 2. The Balaban J connectivity index is 2.27. The van der Waals surface area contributed by atoms with Crippen LogP contribution in [-0.4, -0.2) is 9.55 Å². The van der Waals surface area contributed by atoms with Crippen LogP contribution in [0.1, 0.15) is 6.92 Å². The molecule has 0 bridgehead atoms. The monoisotopic (exact) mass is 315 g/mol. The third-order valence-corrected chi connectivity index (χ3v) is 3.55. The number of rotatable bonds is 3. The van der Waals surface area contributed by atoms with Gasteiger partial charge in [0.1, 0.15) is 11.6 Å². The van der Waals surface area contributed by atoms with Gasteiger partial charge >= 0.3 is 0 Å². The molecule has 116 valence electrons. The fourth-order valence-electron chi connectivity index (χ4n) is 2.47. The van der Waals surface area contributed by atoms with Gasteiger partial charge in [0, 0.05) is 24.2 Å². The van der Waals surface area contributed by atoms with E-state index in [1.54, 1.807) is 17.6 Å². The molecule has 0 radical (unpaired) electrons. The molecule has 23 heavy (non-hydrogen) atoms. The second kappa shape index (κ2) is 5.76. The summed E-state index contributed by atoms with van der Waals surface area (Å²) >= 11 is 0. The van der Waals surface area contributed by atoms with Crippen LogP contribution in [0, 0.1) is 34.7 Å². The summed E-state index contributed by atoms with van der Waals surface area (Å²) in [4.78, 5) is 4.29. The van der Waals surface area contributed by atoms with E-state index < -0.39 is 17.5 Å². The van der Waals surface area contributed by atoms with Gasteiger partial charge in [-0.1, -0.05) is 12.1 Å². The highest BCUT2D eigenvalue weighted by molar-refractivity contribution is 5.81. The molecule has 1 unspecified atom stereocenters. The average molecular weight is 315 g/mol. The van der Waals surface area contributed by atoms with Gasteiger partial charge in [0.15, 0.2) is 11.6 Å². The quantitative estimate of drug-likeness (QED) is 0.724. The maximum Gasteiger partial charge on any atom is 0.161 e. The molecular weight excluding hydrogens is 303 g/mol. The summed E-state index contributed by atoms with van der Waals surface area (Å²) in [6.45, 7) is 1.95. The molecule has 3 rings (SSSR count). The van der Waals surface area contributed by atoms with E-state index in [4.69, 9.17) is 5.26 Å². The third kappa shape index (κ3) is 2.78. The average Bonchev–Trinajstić information content (AvgIpc) is 2.85. The fraction of sp³-hybridized carbons (Fsp3) is 0.176. The van der Waals surface area contributed by atoms with Crippen molar-refractivity contribution in [1.82, 2.24) is 9.55 Å². The van der Waals surface area contributed by atoms with Crippen LogP contribution in [0.2, 0.25) is 0 Å². The number of nitrogens with zero attached hydrogens (tertiary/aromatic N) is 3. The topological polar surface area (TPSA) is 41.6 Å². The molecule has 0 fully saturated rings. The molecule has 6 heteroatoms. The Morgan fingerprint density at radius 2 is 1.91 bits per heavy atom.